The van der Waals surface area contributed by atoms with Crippen molar-refractivity contribution >= 4 is 11.4 Å². The van der Waals surface area contributed by atoms with Crippen LogP contribution in [0.3, 0.4) is 0 Å². The molecule has 0 radical (unpaired) electrons. The van der Waals surface area contributed by atoms with E-state index < -0.39 is 0 Å². The Labute approximate surface area is 121 Å². The average Bonchev–Trinajstić information content (AvgIpc) is 2.47. The van der Waals surface area contributed by atoms with Crippen molar-refractivity contribution in [1.29, 1.82) is 0 Å². The molecule has 0 spiro atoms. The van der Waals surface area contributed by atoms with E-state index in [0.717, 1.165) is 18.7 Å². The third-order valence-electron chi connectivity index (χ3n) is 3.50. The summed E-state index contributed by atoms with van der Waals surface area (Å²) in [6.07, 6.45) is 1.07. The van der Waals surface area contributed by atoms with Gasteiger partial charge in [0.15, 0.2) is 0 Å². The molecule has 3 nitrogen and oxygen atoms in total. The highest BCUT2D eigenvalue weighted by Gasteiger charge is 2.05. The first kappa shape index (κ1) is 14.3. The van der Waals surface area contributed by atoms with Crippen molar-refractivity contribution in [1.82, 2.24) is 0 Å². The number of anilines is 2. The number of benzene rings is 2. The Morgan fingerprint density at radius 3 is 2.25 bits per heavy atom. The molecule has 0 amide bonds. The Morgan fingerprint density at radius 1 is 1.05 bits per heavy atom. The smallest absolute Gasteiger partial charge is 0.141 e. The molecule has 0 atom stereocenters. The van der Waals surface area contributed by atoms with E-state index in [9.17, 15) is 0 Å². The standard InChI is InChI=1S/C17H22N2O/c1-4-13-5-8-15(9-6-13)19(2)12-14-7-10-17(20-3)16(18)11-14/h5-11H,4,12,18H2,1-3H3. The quantitative estimate of drug-likeness (QED) is 0.845. The first-order valence-corrected chi connectivity index (χ1v) is 6.86. The van der Waals surface area contributed by atoms with Crippen LogP contribution in [0.15, 0.2) is 42.5 Å². The molecule has 0 fully saturated rings. The highest BCUT2D eigenvalue weighted by molar-refractivity contribution is 5.55. The number of nitrogens with zero attached hydrogens (tertiary/aromatic N) is 1. The summed E-state index contributed by atoms with van der Waals surface area (Å²) in [7, 11) is 3.72. The van der Waals surface area contributed by atoms with Crippen LogP contribution in [-0.2, 0) is 13.0 Å². The summed E-state index contributed by atoms with van der Waals surface area (Å²) in [5.41, 5.74) is 10.4. The van der Waals surface area contributed by atoms with Crippen LogP contribution in [0, 0.1) is 0 Å². The van der Waals surface area contributed by atoms with Gasteiger partial charge in [0.25, 0.3) is 0 Å². The molecule has 0 aliphatic heterocycles. The number of nitrogen functional groups attached to an aromatic ring is 1. The van der Waals surface area contributed by atoms with E-state index in [-0.39, 0.29) is 0 Å². The van der Waals surface area contributed by atoms with E-state index in [2.05, 4.69) is 43.1 Å². The van der Waals surface area contributed by atoms with Crippen molar-refractivity contribution in [2.75, 3.05) is 24.8 Å². The molecule has 2 N–H and O–H groups in total. The molecule has 2 aromatic rings. The van der Waals surface area contributed by atoms with Crippen LogP contribution >= 0.6 is 0 Å². The Balaban J connectivity index is 2.10. The Kier molecular flexibility index (Phi) is 4.51. The third-order valence-corrected chi connectivity index (χ3v) is 3.50. The van der Waals surface area contributed by atoms with Gasteiger partial charge < -0.3 is 15.4 Å². The second-order valence-corrected chi connectivity index (χ2v) is 4.95. The molecule has 20 heavy (non-hydrogen) atoms. The van der Waals surface area contributed by atoms with Gasteiger partial charge >= 0.3 is 0 Å². The van der Waals surface area contributed by atoms with Gasteiger partial charge in [-0.3, -0.25) is 0 Å². The third kappa shape index (κ3) is 3.23. The summed E-state index contributed by atoms with van der Waals surface area (Å²) in [6, 6.07) is 14.6. The molecule has 0 aliphatic rings. The zero-order chi connectivity index (χ0) is 14.5. The maximum absolute atomic E-state index is 5.94. The van der Waals surface area contributed by atoms with Gasteiger partial charge in [0.1, 0.15) is 5.75 Å². The van der Waals surface area contributed by atoms with Crippen LogP contribution in [0.2, 0.25) is 0 Å². The molecule has 0 heterocycles. The molecular formula is C17H22N2O. The predicted octanol–water partition coefficient (Wildman–Crippen LogP) is 3.48. The molecule has 0 aromatic heterocycles. The summed E-state index contributed by atoms with van der Waals surface area (Å²) < 4.78 is 5.18. The van der Waals surface area contributed by atoms with Crippen LogP contribution in [0.1, 0.15) is 18.1 Å². The molecule has 3 heteroatoms. The maximum Gasteiger partial charge on any atom is 0.141 e. The van der Waals surface area contributed by atoms with Crippen LogP contribution in [0.4, 0.5) is 11.4 Å². The van der Waals surface area contributed by atoms with E-state index in [1.807, 2.05) is 18.2 Å². The van der Waals surface area contributed by atoms with Gasteiger partial charge in [0.05, 0.1) is 12.8 Å². The Hall–Kier alpha value is -2.16. The number of methoxy groups -OCH3 is 1. The normalized spacial score (nSPS) is 10.3. The number of ether oxygens (including phenoxy) is 1. The number of hydrogen-bond acceptors (Lipinski definition) is 3. The number of nitrogens with two attached hydrogens (primary N) is 1. The SMILES string of the molecule is CCc1ccc(N(C)Cc2ccc(OC)c(N)c2)cc1. The summed E-state index contributed by atoms with van der Waals surface area (Å²) in [6.45, 7) is 2.98. The van der Waals surface area contributed by atoms with Crippen LogP contribution in [0.5, 0.6) is 5.75 Å². The van der Waals surface area contributed by atoms with Gasteiger partial charge in [-0.2, -0.15) is 0 Å². The molecular weight excluding hydrogens is 248 g/mol. The van der Waals surface area contributed by atoms with Crippen LogP contribution < -0.4 is 15.4 Å². The lowest BCUT2D eigenvalue weighted by molar-refractivity contribution is 0.417. The van der Waals surface area contributed by atoms with E-state index in [4.69, 9.17) is 10.5 Å². The second kappa shape index (κ2) is 6.33. The number of aryl methyl sites for hydroxylation is 1. The molecule has 2 rings (SSSR count). The number of hydrogen-bond donors (Lipinski definition) is 1. The predicted molar refractivity (Wildman–Crippen MR) is 85.3 cm³/mol. The fourth-order valence-electron chi connectivity index (χ4n) is 2.23. The first-order chi connectivity index (χ1) is 9.63. The topological polar surface area (TPSA) is 38.5 Å². The largest absolute Gasteiger partial charge is 0.495 e. The van der Waals surface area contributed by atoms with Crippen molar-refractivity contribution in [3.8, 4) is 5.75 Å². The van der Waals surface area contributed by atoms with Crippen molar-refractivity contribution in [3.05, 3.63) is 53.6 Å². The molecule has 0 unspecified atom stereocenters. The lowest BCUT2D eigenvalue weighted by Gasteiger charge is -2.20. The average molecular weight is 270 g/mol. The fraction of sp³-hybridized carbons (Fsp3) is 0.294. The minimum Gasteiger partial charge on any atom is -0.495 e. The molecule has 0 saturated heterocycles. The maximum atomic E-state index is 5.94. The van der Waals surface area contributed by atoms with Crippen LogP contribution in [-0.4, -0.2) is 14.2 Å². The van der Waals surface area contributed by atoms with Gasteiger partial charge in [0, 0.05) is 19.3 Å². The first-order valence-electron chi connectivity index (χ1n) is 6.86. The monoisotopic (exact) mass is 270 g/mol. The molecule has 2 aromatic carbocycles. The highest BCUT2D eigenvalue weighted by atomic mass is 16.5. The number of rotatable bonds is 5. The van der Waals surface area contributed by atoms with E-state index in [1.165, 1.54) is 16.8 Å². The van der Waals surface area contributed by atoms with Crippen molar-refractivity contribution < 1.29 is 4.74 Å². The fourth-order valence-corrected chi connectivity index (χ4v) is 2.23. The van der Waals surface area contributed by atoms with Crippen molar-refractivity contribution in [2.24, 2.45) is 0 Å². The molecule has 0 aliphatic carbocycles. The highest BCUT2D eigenvalue weighted by Crippen LogP contribution is 2.24. The molecule has 0 bridgehead atoms. The van der Waals surface area contributed by atoms with Gasteiger partial charge in [-0.25, -0.2) is 0 Å². The zero-order valence-corrected chi connectivity index (χ0v) is 12.4. The molecule has 106 valence electrons. The van der Waals surface area contributed by atoms with Crippen molar-refractivity contribution in [3.63, 3.8) is 0 Å². The van der Waals surface area contributed by atoms with E-state index >= 15 is 0 Å². The van der Waals surface area contributed by atoms with E-state index in [1.54, 1.807) is 7.11 Å². The van der Waals surface area contributed by atoms with E-state index in [0.29, 0.717) is 5.69 Å². The van der Waals surface area contributed by atoms with Gasteiger partial charge in [0.2, 0.25) is 0 Å². The minimum absolute atomic E-state index is 0.680. The van der Waals surface area contributed by atoms with Crippen molar-refractivity contribution in [2.45, 2.75) is 19.9 Å². The van der Waals surface area contributed by atoms with Gasteiger partial charge in [-0.15, -0.1) is 0 Å². The minimum atomic E-state index is 0.680. The molecule has 0 saturated carbocycles. The lowest BCUT2D eigenvalue weighted by Crippen LogP contribution is -2.16. The lowest BCUT2D eigenvalue weighted by atomic mass is 10.1. The zero-order valence-electron chi connectivity index (χ0n) is 12.4. The Morgan fingerprint density at radius 2 is 1.70 bits per heavy atom. The van der Waals surface area contributed by atoms with Gasteiger partial charge in [-0.05, 0) is 41.8 Å². The summed E-state index contributed by atoms with van der Waals surface area (Å²) in [5, 5.41) is 0. The summed E-state index contributed by atoms with van der Waals surface area (Å²) in [4.78, 5) is 2.21. The summed E-state index contributed by atoms with van der Waals surface area (Å²) >= 11 is 0. The van der Waals surface area contributed by atoms with Crippen LogP contribution in [0.25, 0.3) is 0 Å². The summed E-state index contributed by atoms with van der Waals surface area (Å²) in [5.74, 6) is 0.726. The second-order valence-electron chi connectivity index (χ2n) is 4.95. The Bertz CT molecular complexity index is 564. The van der Waals surface area contributed by atoms with Gasteiger partial charge in [-0.1, -0.05) is 25.1 Å².